The van der Waals surface area contributed by atoms with Gasteiger partial charge in [0, 0.05) is 19.0 Å². The van der Waals surface area contributed by atoms with Crippen molar-refractivity contribution in [2.24, 2.45) is 0 Å². The summed E-state index contributed by atoms with van der Waals surface area (Å²) in [6, 6.07) is 4.73. The minimum atomic E-state index is -3.69. The third-order valence-electron chi connectivity index (χ3n) is 2.92. The number of hydrogen-bond acceptors (Lipinski definition) is 4. The van der Waals surface area contributed by atoms with Gasteiger partial charge in [0.05, 0.1) is 16.0 Å². The number of hydrogen-bond donors (Lipinski definition) is 0. The van der Waals surface area contributed by atoms with Gasteiger partial charge in [-0.2, -0.15) is 9.57 Å². The molecule has 0 aromatic heterocycles. The molecule has 0 spiro atoms. The lowest BCUT2D eigenvalue weighted by atomic mass is 10.1. The van der Waals surface area contributed by atoms with Crippen molar-refractivity contribution in [2.75, 3.05) is 13.6 Å². The molecule has 0 N–H and O–H groups in total. The van der Waals surface area contributed by atoms with Crippen LogP contribution in [-0.2, 0) is 16.4 Å². The Hall–Kier alpha value is -1.29. The van der Waals surface area contributed by atoms with Crippen molar-refractivity contribution in [1.29, 1.82) is 5.26 Å². The van der Waals surface area contributed by atoms with Gasteiger partial charge in [0.1, 0.15) is 18.4 Å². The number of fused-ring (bicyclic) bond motifs is 1. The van der Waals surface area contributed by atoms with Gasteiger partial charge >= 0.3 is 0 Å². The highest BCUT2D eigenvalue weighted by Crippen LogP contribution is 2.38. The van der Waals surface area contributed by atoms with Gasteiger partial charge in [-0.15, -0.1) is 0 Å². The molecule has 1 aliphatic heterocycles. The highest BCUT2D eigenvalue weighted by molar-refractivity contribution is 7.89. The minimum Gasteiger partial charge on any atom is -0.489 e. The van der Waals surface area contributed by atoms with Gasteiger partial charge in [0.2, 0.25) is 10.0 Å². The first-order valence-corrected chi connectivity index (χ1v) is 7.50. The quantitative estimate of drug-likeness (QED) is 0.798. The Kier molecular flexibility index (Phi) is 3.72. The predicted molar refractivity (Wildman–Crippen MR) is 70.7 cm³/mol. The Balaban J connectivity index is 2.46. The first kappa shape index (κ1) is 14.1. The monoisotopic (exact) mass is 300 g/mol. The van der Waals surface area contributed by atoms with Crippen molar-refractivity contribution in [3.63, 3.8) is 0 Å². The Labute approximate surface area is 117 Å². The summed E-state index contributed by atoms with van der Waals surface area (Å²) in [5.41, 5.74) is 0.781. The summed E-state index contributed by atoms with van der Waals surface area (Å²) >= 11 is 6.05. The topological polar surface area (TPSA) is 70.4 Å². The molecular formula is C12H13ClN2O3S. The van der Waals surface area contributed by atoms with Gasteiger partial charge in [-0.1, -0.05) is 11.6 Å². The summed E-state index contributed by atoms with van der Waals surface area (Å²) in [4.78, 5) is 0.0895. The third kappa shape index (κ3) is 2.54. The van der Waals surface area contributed by atoms with E-state index in [0.29, 0.717) is 12.2 Å². The number of rotatable bonds is 3. The largest absolute Gasteiger partial charge is 0.489 e. The van der Waals surface area contributed by atoms with Crippen LogP contribution in [0, 0.1) is 11.3 Å². The Morgan fingerprint density at radius 1 is 1.58 bits per heavy atom. The average molecular weight is 301 g/mol. The van der Waals surface area contributed by atoms with Crippen LogP contribution in [0.25, 0.3) is 0 Å². The maximum Gasteiger partial charge on any atom is 0.243 e. The molecule has 0 fully saturated rings. The van der Waals surface area contributed by atoms with E-state index < -0.39 is 10.0 Å². The molecule has 1 atom stereocenters. The predicted octanol–water partition coefficient (Wildman–Crippen LogP) is 1.81. The van der Waals surface area contributed by atoms with E-state index in [1.807, 2.05) is 6.92 Å². The molecule has 1 heterocycles. The fraction of sp³-hybridized carbons (Fsp3) is 0.417. The molecule has 0 aliphatic carbocycles. The lowest BCUT2D eigenvalue weighted by molar-refractivity contribution is 0.255. The van der Waals surface area contributed by atoms with Crippen molar-refractivity contribution in [3.8, 4) is 11.8 Å². The molecule has 1 aromatic rings. The highest BCUT2D eigenvalue weighted by Gasteiger charge is 2.27. The first-order valence-electron chi connectivity index (χ1n) is 5.68. The number of sulfonamides is 1. The maximum atomic E-state index is 12.2. The standard InChI is InChI=1S/C12H13ClN2O3S/c1-8-5-9-6-10(7-11(13)12(9)18-8)19(16,17)15(2)4-3-14/h6-8H,4-5H2,1-2H3/t8-/m0/s1. The van der Waals surface area contributed by atoms with E-state index in [9.17, 15) is 8.42 Å². The Bertz CT molecular complexity index is 652. The van der Waals surface area contributed by atoms with E-state index in [-0.39, 0.29) is 22.6 Å². The van der Waals surface area contributed by atoms with Gasteiger partial charge < -0.3 is 4.74 Å². The van der Waals surface area contributed by atoms with Crippen LogP contribution >= 0.6 is 11.6 Å². The summed E-state index contributed by atoms with van der Waals surface area (Å²) in [6.45, 7) is 1.69. The van der Waals surface area contributed by atoms with Crippen molar-refractivity contribution in [1.82, 2.24) is 4.31 Å². The van der Waals surface area contributed by atoms with Crippen LogP contribution in [0.4, 0.5) is 0 Å². The van der Waals surface area contributed by atoms with E-state index >= 15 is 0 Å². The van der Waals surface area contributed by atoms with Crippen molar-refractivity contribution in [2.45, 2.75) is 24.3 Å². The van der Waals surface area contributed by atoms with Crippen LogP contribution in [-0.4, -0.2) is 32.4 Å². The number of halogens is 1. The van der Waals surface area contributed by atoms with Gasteiger partial charge in [-0.3, -0.25) is 0 Å². The van der Waals surface area contributed by atoms with Crippen molar-refractivity contribution in [3.05, 3.63) is 22.7 Å². The third-order valence-corrected chi connectivity index (χ3v) is 4.98. The minimum absolute atomic E-state index is 0.0118. The molecule has 1 aliphatic rings. The Morgan fingerprint density at radius 2 is 2.26 bits per heavy atom. The number of ether oxygens (including phenoxy) is 1. The fourth-order valence-electron chi connectivity index (χ4n) is 1.97. The molecule has 19 heavy (non-hydrogen) atoms. The second-order valence-electron chi connectivity index (χ2n) is 4.45. The number of nitrogens with zero attached hydrogens (tertiary/aromatic N) is 2. The van der Waals surface area contributed by atoms with Gasteiger partial charge in [-0.25, -0.2) is 8.42 Å². The molecule has 0 saturated heterocycles. The zero-order valence-electron chi connectivity index (χ0n) is 10.6. The molecular weight excluding hydrogens is 288 g/mol. The molecule has 1 aromatic carbocycles. The smallest absolute Gasteiger partial charge is 0.243 e. The molecule has 0 bridgehead atoms. The van der Waals surface area contributed by atoms with Gasteiger partial charge in [-0.05, 0) is 19.1 Å². The summed E-state index contributed by atoms with van der Waals surface area (Å²) < 4.78 is 31.0. The average Bonchev–Trinajstić information content (AvgIpc) is 2.70. The lowest BCUT2D eigenvalue weighted by Gasteiger charge is -2.14. The molecule has 0 saturated carbocycles. The second kappa shape index (κ2) is 5.00. The van der Waals surface area contributed by atoms with E-state index in [0.717, 1.165) is 9.87 Å². The van der Waals surface area contributed by atoms with E-state index in [2.05, 4.69) is 0 Å². The normalized spacial score (nSPS) is 17.9. The first-order chi connectivity index (χ1) is 8.86. The molecule has 102 valence electrons. The van der Waals surface area contributed by atoms with Crippen LogP contribution in [0.3, 0.4) is 0 Å². The summed E-state index contributed by atoms with van der Waals surface area (Å²) in [7, 11) is -2.33. The molecule has 0 amide bonds. The molecule has 0 unspecified atom stereocenters. The highest BCUT2D eigenvalue weighted by atomic mass is 35.5. The molecule has 5 nitrogen and oxygen atoms in total. The zero-order valence-corrected chi connectivity index (χ0v) is 12.1. The summed E-state index contributed by atoms with van der Waals surface area (Å²) in [5, 5.41) is 8.87. The summed E-state index contributed by atoms with van der Waals surface area (Å²) in [5.74, 6) is 0.552. The van der Waals surface area contributed by atoms with Crippen molar-refractivity contribution >= 4 is 21.6 Å². The Morgan fingerprint density at radius 3 is 2.89 bits per heavy atom. The molecule has 2 rings (SSSR count). The lowest BCUT2D eigenvalue weighted by Crippen LogP contribution is -2.27. The van der Waals surface area contributed by atoms with Gasteiger partial charge in [0.15, 0.2) is 0 Å². The van der Waals surface area contributed by atoms with Crippen LogP contribution in [0.5, 0.6) is 5.75 Å². The summed E-state index contributed by atoms with van der Waals surface area (Å²) in [6.07, 6.45) is 0.614. The SMILES string of the molecule is C[C@H]1Cc2cc(S(=O)(=O)N(C)CC#N)cc(Cl)c2O1. The second-order valence-corrected chi connectivity index (χ2v) is 6.90. The zero-order chi connectivity index (χ0) is 14.2. The van der Waals surface area contributed by atoms with E-state index in [1.54, 1.807) is 12.1 Å². The van der Waals surface area contributed by atoms with Gasteiger partial charge in [0.25, 0.3) is 0 Å². The number of nitriles is 1. The van der Waals surface area contributed by atoms with Crippen LogP contribution in [0.15, 0.2) is 17.0 Å². The fourth-order valence-corrected chi connectivity index (χ4v) is 3.47. The van der Waals surface area contributed by atoms with E-state index in [1.165, 1.54) is 13.1 Å². The number of benzene rings is 1. The van der Waals surface area contributed by atoms with Crippen LogP contribution in [0.2, 0.25) is 5.02 Å². The van der Waals surface area contributed by atoms with Crippen molar-refractivity contribution < 1.29 is 13.2 Å². The van der Waals surface area contributed by atoms with Crippen LogP contribution < -0.4 is 4.74 Å². The molecule has 7 heteroatoms. The van der Waals surface area contributed by atoms with E-state index in [4.69, 9.17) is 21.6 Å². The van der Waals surface area contributed by atoms with Crippen LogP contribution in [0.1, 0.15) is 12.5 Å². The maximum absolute atomic E-state index is 12.2. The molecule has 0 radical (unpaired) electrons.